The summed E-state index contributed by atoms with van der Waals surface area (Å²) < 4.78 is 5.19. The highest BCUT2D eigenvalue weighted by Gasteiger charge is 1.93. The van der Waals surface area contributed by atoms with Gasteiger partial charge < -0.3 is 9.73 Å². The van der Waals surface area contributed by atoms with Crippen molar-refractivity contribution < 1.29 is 4.42 Å². The van der Waals surface area contributed by atoms with Crippen LogP contribution in [0.4, 0.5) is 0 Å². The molecule has 0 saturated heterocycles. The highest BCUT2D eigenvalue weighted by Crippen LogP contribution is 2.01. The van der Waals surface area contributed by atoms with E-state index < -0.39 is 0 Å². The van der Waals surface area contributed by atoms with Crippen LogP contribution in [0.25, 0.3) is 0 Å². The molecule has 74 valence electrons. The Labute approximate surface area is 84.1 Å². The number of furan rings is 1. The lowest BCUT2D eigenvalue weighted by atomic mass is 10.4. The molecule has 0 atom stereocenters. The molecule has 3 heteroatoms. The normalized spacial score (nSPS) is 10.5. The van der Waals surface area contributed by atoms with E-state index in [4.69, 9.17) is 4.42 Å². The number of rotatable bonds is 7. The molecule has 2 nitrogen and oxygen atoms in total. The van der Waals surface area contributed by atoms with E-state index in [-0.39, 0.29) is 0 Å². The monoisotopic (exact) mass is 199 g/mol. The van der Waals surface area contributed by atoms with Crippen LogP contribution < -0.4 is 5.32 Å². The standard InChI is InChI=1S/C10H17NOS/c1-2-7-13-8-5-11-9-10-4-3-6-12-10/h3-4,6,11H,2,5,7-9H2,1H3. The topological polar surface area (TPSA) is 25.2 Å². The molecule has 1 N–H and O–H groups in total. The molecule has 0 aromatic carbocycles. The zero-order chi connectivity index (χ0) is 9.36. The molecule has 1 rings (SSSR count). The summed E-state index contributed by atoms with van der Waals surface area (Å²) in [7, 11) is 0. The van der Waals surface area contributed by atoms with Gasteiger partial charge in [-0.1, -0.05) is 6.92 Å². The maximum Gasteiger partial charge on any atom is 0.117 e. The molecule has 13 heavy (non-hydrogen) atoms. The van der Waals surface area contributed by atoms with Gasteiger partial charge in [-0.25, -0.2) is 0 Å². The first-order valence-electron chi connectivity index (χ1n) is 4.74. The fourth-order valence-corrected chi connectivity index (χ4v) is 1.80. The molecule has 1 heterocycles. The quantitative estimate of drug-likeness (QED) is 0.683. The molecule has 0 bridgehead atoms. The molecule has 0 aliphatic rings. The van der Waals surface area contributed by atoms with Crippen molar-refractivity contribution in [1.29, 1.82) is 0 Å². The minimum Gasteiger partial charge on any atom is -0.468 e. The molecule has 0 radical (unpaired) electrons. The van der Waals surface area contributed by atoms with E-state index in [2.05, 4.69) is 12.2 Å². The summed E-state index contributed by atoms with van der Waals surface area (Å²) in [5.41, 5.74) is 0. The van der Waals surface area contributed by atoms with E-state index in [9.17, 15) is 0 Å². The van der Waals surface area contributed by atoms with Crippen molar-refractivity contribution in [1.82, 2.24) is 5.32 Å². The van der Waals surface area contributed by atoms with Crippen molar-refractivity contribution in [3.8, 4) is 0 Å². The van der Waals surface area contributed by atoms with Crippen LogP contribution in [0.15, 0.2) is 22.8 Å². The molecule has 0 aliphatic heterocycles. The average Bonchev–Trinajstić information content (AvgIpc) is 2.63. The number of nitrogens with one attached hydrogen (secondary N) is 1. The van der Waals surface area contributed by atoms with Gasteiger partial charge in [0.1, 0.15) is 5.76 Å². The molecule has 1 aromatic heterocycles. The van der Waals surface area contributed by atoms with Gasteiger partial charge in [-0.2, -0.15) is 11.8 Å². The third kappa shape index (κ3) is 5.01. The predicted molar refractivity (Wildman–Crippen MR) is 58.0 cm³/mol. The van der Waals surface area contributed by atoms with E-state index in [0.29, 0.717) is 0 Å². The van der Waals surface area contributed by atoms with E-state index >= 15 is 0 Å². The van der Waals surface area contributed by atoms with E-state index in [1.807, 2.05) is 23.9 Å². The SMILES string of the molecule is CCCSCCNCc1ccco1. The molecule has 1 aromatic rings. The van der Waals surface area contributed by atoms with Gasteiger partial charge in [0, 0.05) is 12.3 Å². The number of hydrogen-bond acceptors (Lipinski definition) is 3. The molecule has 0 aliphatic carbocycles. The van der Waals surface area contributed by atoms with E-state index in [1.165, 1.54) is 17.9 Å². The van der Waals surface area contributed by atoms with Gasteiger partial charge in [-0.3, -0.25) is 0 Å². The highest BCUT2D eigenvalue weighted by molar-refractivity contribution is 7.99. The van der Waals surface area contributed by atoms with Crippen LogP contribution in [0.2, 0.25) is 0 Å². The Morgan fingerprint density at radius 1 is 1.46 bits per heavy atom. The number of hydrogen-bond donors (Lipinski definition) is 1. The first-order chi connectivity index (χ1) is 6.43. The van der Waals surface area contributed by atoms with Gasteiger partial charge in [0.2, 0.25) is 0 Å². The van der Waals surface area contributed by atoms with Crippen molar-refractivity contribution in [2.45, 2.75) is 19.9 Å². The fraction of sp³-hybridized carbons (Fsp3) is 0.600. The molecular weight excluding hydrogens is 182 g/mol. The lowest BCUT2D eigenvalue weighted by molar-refractivity contribution is 0.488. The second kappa shape index (κ2) is 7.04. The Morgan fingerprint density at radius 3 is 3.08 bits per heavy atom. The predicted octanol–water partition coefficient (Wildman–Crippen LogP) is 2.51. The fourth-order valence-electron chi connectivity index (χ4n) is 1.02. The van der Waals surface area contributed by atoms with Gasteiger partial charge >= 0.3 is 0 Å². The lowest BCUT2D eigenvalue weighted by Gasteiger charge is -2.01. The van der Waals surface area contributed by atoms with E-state index in [1.54, 1.807) is 6.26 Å². The zero-order valence-electron chi connectivity index (χ0n) is 8.08. The van der Waals surface area contributed by atoms with Crippen LogP contribution in [-0.4, -0.2) is 18.1 Å². The Bertz CT molecular complexity index is 199. The highest BCUT2D eigenvalue weighted by atomic mass is 32.2. The Morgan fingerprint density at radius 2 is 2.38 bits per heavy atom. The van der Waals surface area contributed by atoms with Crippen LogP contribution >= 0.6 is 11.8 Å². The summed E-state index contributed by atoms with van der Waals surface area (Å²) in [6.45, 7) is 4.12. The van der Waals surface area contributed by atoms with Gasteiger partial charge in [0.15, 0.2) is 0 Å². The van der Waals surface area contributed by atoms with Crippen molar-refractivity contribution in [3.05, 3.63) is 24.2 Å². The maximum atomic E-state index is 5.19. The first kappa shape index (κ1) is 10.7. The molecule has 0 amide bonds. The summed E-state index contributed by atoms with van der Waals surface area (Å²) in [6.07, 6.45) is 2.98. The Hall–Kier alpha value is -0.410. The lowest BCUT2D eigenvalue weighted by Crippen LogP contribution is -2.16. The van der Waals surface area contributed by atoms with Crippen LogP contribution in [-0.2, 0) is 6.54 Å². The summed E-state index contributed by atoms with van der Waals surface area (Å²) in [5, 5.41) is 3.33. The third-order valence-electron chi connectivity index (χ3n) is 1.65. The first-order valence-corrected chi connectivity index (χ1v) is 5.89. The largest absolute Gasteiger partial charge is 0.468 e. The van der Waals surface area contributed by atoms with Crippen LogP contribution in [0.1, 0.15) is 19.1 Å². The van der Waals surface area contributed by atoms with Crippen LogP contribution in [0.3, 0.4) is 0 Å². The Balaban J connectivity index is 1.90. The van der Waals surface area contributed by atoms with Crippen molar-refractivity contribution in [2.75, 3.05) is 18.1 Å². The van der Waals surface area contributed by atoms with Crippen molar-refractivity contribution in [3.63, 3.8) is 0 Å². The summed E-state index contributed by atoms with van der Waals surface area (Å²) >= 11 is 2.00. The second-order valence-electron chi connectivity index (χ2n) is 2.87. The average molecular weight is 199 g/mol. The molecular formula is C10H17NOS. The smallest absolute Gasteiger partial charge is 0.117 e. The van der Waals surface area contributed by atoms with E-state index in [0.717, 1.165) is 18.8 Å². The van der Waals surface area contributed by atoms with Gasteiger partial charge in [0.25, 0.3) is 0 Å². The van der Waals surface area contributed by atoms with Crippen LogP contribution in [0, 0.1) is 0 Å². The molecule has 0 fully saturated rings. The summed E-state index contributed by atoms with van der Waals surface area (Å²) in [4.78, 5) is 0. The number of thioether (sulfide) groups is 1. The summed E-state index contributed by atoms with van der Waals surface area (Å²) in [5.74, 6) is 3.47. The van der Waals surface area contributed by atoms with Crippen LogP contribution in [0.5, 0.6) is 0 Å². The molecule has 0 spiro atoms. The Kier molecular flexibility index (Phi) is 5.78. The second-order valence-corrected chi connectivity index (χ2v) is 4.09. The van der Waals surface area contributed by atoms with Crippen molar-refractivity contribution in [2.24, 2.45) is 0 Å². The molecule has 0 unspecified atom stereocenters. The van der Waals surface area contributed by atoms with Crippen molar-refractivity contribution >= 4 is 11.8 Å². The zero-order valence-corrected chi connectivity index (χ0v) is 8.90. The van der Waals surface area contributed by atoms with Gasteiger partial charge in [0.05, 0.1) is 12.8 Å². The summed E-state index contributed by atoms with van der Waals surface area (Å²) in [6, 6.07) is 3.91. The molecule has 0 saturated carbocycles. The van der Waals surface area contributed by atoms with Gasteiger partial charge in [-0.15, -0.1) is 0 Å². The van der Waals surface area contributed by atoms with Gasteiger partial charge in [-0.05, 0) is 24.3 Å². The maximum absolute atomic E-state index is 5.19. The third-order valence-corrected chi connectivity index (χ3v) is 2.84. The minimum absolute atomic E-state index is 0.847. The minimum atomic E-state index is 0.847.